The number of nitrogens with zero attached hydrogens (tertiary/aromatic N) is 4. The number of hydrogen-bond acceptors (Lipinski definition) is 4. The van der Waals surface area contributed by atoms with E-state index in [-0.39, 0.29) is 25.0 Å². The van der Waals surface area contributed by atoms with Gasteiger partial charge in [0.15, 0.2) is 0 Å². The van der Waals surface area contributed by atoms with Crippen LogP contribution < -0.4 is 0 Å². The second-order valence-electron chi connectivity index (χ2n) is 2.76. The smallest absolute Gasteiger partial charge is 0.465 e. The molecule has 1 heterocycles. The van der Waals surface area contributed by atoms with Gasteiger partial charge in [-0.3, -0.25) is 0 Å². The monoisotopic (exact) mass is 344 g/mol. The zero-order chi connectivity index (χ0) is 17.2. The van der Waals surface area contributed by atoms with Crippen molar-refractivity contribution in [1.29, 1.82) is 0 Å². The second-order valence-corrected chi connectivity index (χ2v) is 3.45. The predicted molar refractivity (Wildman–Crippen MR) is 78.1 cm³/mol. The van der Waals surface area contributed by atoms with Crippen molar-refractivity contribution in [1.82, 2.24) is 0 Å². The third-order valence-electron chi connectivity index (χ3n) is 1.38. The van der Waals surface area contributed by atoms with Gasteiger partial charge in [-0.2, -0.15) is 0 Å². The number of carbonyl (C=O) groups excluding carboxylic acids is 1. The van der Waals surface area contributed by atoms with Crippen LogP contribution in [0.25, 0.3) is 19.4 Å². The third kappa shape index (κ3) is 13.8. The van der Waals surface area contributed by atoms with Gasteiger partial charge in [-0.25, -0.2) is 27.6 Å². The van der Waals surface area contributed by atoms with Gasteiger partial charge in [-0.1, -0.05) is 0 Å². The van der Waals surface area contributed by atoms with Crippen LogP contribution in [-0.2, 0) is 14.2 Å². The summed E-state index contributed by atoms with van der Waals surface area (Å²) in [6.07, 6.45) is 0. The molecule has 0 saturated carbocycles. The summed E-state index contributed by atoms with van der Waals surface area (Å²) < 4.78 is 13.8. The second kappa shape index (κ2) is 16.4. The van der Waals surface area contributed by atoms with E-state index in [0.717, 1.165) is 0 Å². The molecule has 0 aromatic carbocycles. The number of carbonyl (C=O) groups is 1. The highest BCUT2D eigenvalue weighted by molar-refractivity contribution is 6.61. The van der Waals surface area contributed by atoms with Gasteiger partial charge in [0.1, 0.15) is 33.0 Å². The fourth-order valence-corrected chi connectivity index (χ4v) is 0.864. The Labute approximate surface area is 138 Å². The summed E-state index contributed by atoms with van der Waals surface area (Å²) in [4.78, 5) is 21.0. The lowest BCUT2D eigenvalue weighted by atomic mass is 10.8. The maximum absolute atomic E-state index is 9.69. The average molecular weight is 345 g/mol. The molecule has 0 bridgehead atoms. The Morgan fingerprint density at radius 2 is 1.64 bits per heavy atom. The zero-order valence-electron chi connectivity index (χ0n) is 11.2. The molecule has 1 aliphatic rings. The maximum Gasteiger partial charge on any atom is 0.599 e. The molecule has 0 amide bonds. The van der Waals surface area contributed by atoms with E-state index in [2.05, 4.69) is 24.1 Å². The Morgan fingerprint density at radius 3 is 1.86 bits per heavy atom. The lowest BCUT2D eigenvalue weighted by Crippen LogP contribution is -1.96. The predicted octanol–water partition coefficient (Wildman–Crippen LogP) is 3.38. The van der Waals surface area contributed by atoms with Crippen LogP contribution in [0.5, 0.6) is 0 Å². The molecule has 0 aromatic rings. The first-order valence-electron chi connectivity index (χ1n) is 5.36. The van der Waals surface area contributed by atoms with E-state index >= 15 is 0 Å². The van der Waals surface area contributed by atoms with Crippen molar-refractivity contribution in [2.45, 2.75) is 0 Å². The van der Waals surface area contributed by atoms with Crippen LogP contribution >= 0.6 is 23.2 Å². The number of halogens is 2. The molecule has 0 spiro atoms. The van der Waals surface area contributed by atoms with E-state index in [9.17, 15) is 4.79 Å². The molecule has 1 rings (SSSR count). The minimum Gasteiger partial charge on any atom is -0.465 e. The van der Waals surface area contributed by atoms with Gasteiger partial charge in [-0.15, -0.1) is 21.3 Å². The Hall–Kier alpha value is -2.65. The van der Waals surface area contributed by atoms with Gasteiger partial charge in [0.25, 0.3) is 0 Å². The molecule has 1 aliphatic heterocycles. The molecule has 0 unspecified atom stereocenters. The van der Waals surface area contributed by atoms with Crippen molar-refractivity contribution in [2.24, 2.45) is 0 Å². The van der Waals surface area contributed by atoms with Crippen LogP contribution in [0.3, 0.4) is 0 Å². The Balaban J connectivity index is 0. The fourth-order valence-electron chi connectivity index (χ4n) is 0.710. The minimum atomic E-state index is -0.805. The van der Waals surface area contributed by atoms with Crippen molar-refractivity contribution in [3.63, 3.8) is 0 Å². The van der Waals surface area contributed by atoms with Crippen LogP contribution in [0.1, 0.15) is 0 Å². The minimum absolute atomic E-state index is 0.0278. The van der Waals surface area contributed by atoms with E-state index in [1.807, 2.05) is 0 Å². The van der Waals surface area contributed by atoms with E-state index in [0.29, 0.717) is 19.1 Å². The Bertz CT molecular complexity index is 501. The van der Waals surface area contributed by atoms with Crippen molar-refractivity contribution in [3.8, 4) is 0 Å². The van der Waals surface area contributed by atoms with Gasteiger partial charge in [-0.05, 0) is 0 Å². The molecule has 0 aliphatic carbocycles. The highest BCUT2D eigenvalue weighted by atomic mass is 35.5. The maximum atomic E-state index is 9.69. The van der Waals surface area contributed by atoms with E-state index in [4.69, 9.17) is 59.0 Å². The lowest BCUT2D eigenvalue weighted by molar-refractivity contribution is 0.173. The molecule has 22 heavy (non-hydrogen) atoms. The number of ether oxygens (including phenoxy) is 3. The van der Waals surface area contributed by atoms with Crippen LogP contribution in [0.4, 0.5) is 4.79 Å². The van der Waals surface area contributed by atoms with Gasteiger partial charge in [0.05, 0.1) is 5.88 Å². The Morgan fingerprint density at radius 1 is 1.14 bits per heavy atom. The molecule has 1 fully saturated rings. The molecular weight excluding hydrogens is 335 g/mol. The first kappa shape index (κ1) is 21.6. The molecule has 10 heteroatoms. The Kier molecular flexibility index (Phi) is 16.1. The lowest BCUT2D eigenvalue weighted by Gasteiger charge is -1.90. The fraction of sp³-hybridized carbons (Fsp3) is 0.417. The molecule has 1 saturated heterocycles. The standard InChI is InChI=1S/C6H4N2O2.C3H4Cl2O2.C3H2N2/c1-7-5(8-2)6-9-3-4-10-6;4-1-2-7-3(5)6;1-4-3-5-2/h3-4H2;1-2H2;3H2. The van der Waals surface area contributed by atoms with Gasteiger partial charge >= 0.3 is 23.9 Å². The first-order valence-corrected chi connectivity index (χ1v) is 6.28. The van der Waals surface area contributed by atoms with E-state index in [1.54, 1.807) is 0 Å². The van der Waals surface area contributed by atoms with E-state index < -0.39 is 5.43 Å². The summed E-state index contributed by atoms with van der Waals surface area (Å²) in [5.74, 6) is 0.237. The van der Waals surface area contributed by atoms with Crippen LogP contribution in [0.15, 0.2) is 11.8 Å². The molecule has 0 N–H and O–H groups in total. The van der Waals surface area contributed by atoms with Crippen LogP contribution in [0, 0.1) is 26.3 Å². The van der Waals surface area contributed by atoms with Crippen molar-refractivity contribution >= 4 is 28.6 Å². The highest BCUT2D eigenvalue weighted by Crippen LogP contribution is 2.15. The highest BCUT2D eigenvalue weighted by Gasteiger charge is 2.22. The number of hydrogen-bond donors (Lipinski definition) is 0. The van der Waals surface area contributed by atoms with E-state index in [1.165, 1.54) is 0 Å². The van der Waals surface area contributed by atoms with Gasteiger partial charge in [0, 0.05) is 11.6 Å². The molecule has 0 aromatic heterocycles. The van der Waals surface area contributed by atoms with Gasteiger partial charge < -0.3 is 14.2 Å². The van der Waals surface area contributed by atoms with Gasteiger partial charge in [0.2, 0.25) is 0 Å². The average Bonchev–Trinajstić information content (AvgIpc) is 3.03. The third-order valence-corrected chi connectivity index (χ3v) is 1.64. The first-order chi connectivity index (χ1) is 10.6. The number of alkyl halides is 1. The molecule has 0 radical (unpaired) electrons. The van der Waals surface area contributed by atoms with Crippen LogP contribution in [0.2, 0.25) is 0 Å². The quantitative estimate of drug-likeness (QED) is 0.437. The van der Waals surface area contributed by atoms with Crippen molar-refractivity contribution < 1.29 is 19.0 Å². The largest absolute Gasteiger partial charge is 0.599 e. The summed E-state index contributed by atoms with van der Waals surface area (Å²) in [5, 5.41) is 0. The molecule has 116 valence electrons. The summed E-state index contributed by atoms with van der Waals surface area (Å²) >= 11 is 9.85. The summed E-state index contributed by atoms with van der Waals surface area (Å²) in [5.41, 5.74) is -0.805. The number of rotatable bonds is 2. The SMILES string of the molecule is O=C(Cl)OCCCl.[C-]#[N+]C([N+]#[C-])=C1OCCO1.[C-]#[N+]C[N+]#[C-]. The molecular formula is C12H10Cl2N4O4. The molecule has 8 nitrogen and oxygen atoms in total. The molecule has 0 atom stereocenters. The summed E-state index contributed by atoms with van der Waals surface area (Å²) in [6.45, 7) is 26.1. The normalized spacial score (nSPS) is 10.2. The van der Waals surface area contributed by atoms with Crippen LogP contribution in [-0.4, -0.2) is 37.8 Å². The topological polar surface area (TPSA) is 62.2 Å². The zero-order valence-corrected chi connectivity index (χ0v) is 12.7. The van der Waals surface area contributed by atoms with Crippen molar-refractivity contribution in [2.75, 3.05) is 32.4 Å². The summed E-state index contributed by atoms with van der Waals surface area (Å²) in [6, 6.07) is 0. The van der Waals surface area contributed by atoms with Crippen molar-refractivity contribution in [3.05, 3.63) is 57.4 Å². The summed E-state index contributed by atoms with van der Waals surface area (Å²) in [7, 11) is 0.